The Kier molecular flexibility index (Phi) is 7.32. The zero-order valence-corrected chi connectivity index (χ0v) is 28.5. The summed E-state index contributed by atoms with van der Waals surface area (Å²) < 4.78 is 25.2. The van der Waals surface area contributed by atoms with Gasteiger partial charge < -0.3 is 34.5 Å². The number of esters is 1. The van der Waals surface area contributed by atoms with E-state index in [2.05, 4.69) is 39.9 Å². The van der Waals surface area contributed by atoms with Crippen LogP contribution < -0.4 is 5.32 Å². The largest absolute Gasteiger partial charge is 0.457 e. The maximum Gasteiger partial charge on any atom is 0.303 e. The molecule has 2 aliphatic heterocycles. The summed E-state index contributed by atoms with van der Waals surface area (Å²) in [6, 6.07) is 0. The Labute approximate surface area is 264 Å². The predicted molar refractivity (Wildman–Crippen MR) is 165 cm³/mol. The van der Waals surface area contributed by atoms with E-state index in [0.29, 0.717) is 30.3 Å². The maximum absolute atomic E-state index is 12.5. The number of ether oxygens (including phenoxy) is 4. The Bertz CT molecular complexity index is 1150. The van der Waals surface area contributed by atoms with Gasteiger partial charge in [0.15, 0.2) is 12.4 Å². The van der Waals surface area contributed by atoms with Crippen LogP contribution in [0.15, 0.2) is 0 Å². The van der Waals surface area contributed by atoms with Crippen LogP contribution in [0.25, 0.3) is 0 Å². The minimum absolute atomic E-state index is 0.0409. The first-order valence-corrected chi connectivity index (χ1v) is 17.7. The molecule has 2 heterocycles. The number of aliphatic hydroxyl groups is 2. The lowest BCUT2D eigenvalue weighted by atomic mass is 9.41. The number of rotatable bonds is 5. The van der Waals surface area contributed by atoms with Gasteiger partial charge in [0.1, 0.15) is 0 Å². The Morgan fingerprint density at radius 1 is 1.05 bits per heavy atom. The summed E-state index contributed by atoms with van der Waals surface area (Å²) in [7, 11) is 0. The molecule has 3 N–H and O–H groups in total. The first kappa shape index (κ1) is 31.8. The van der Waals surface area contributed by atoms with Crippen LogP contribution in [0, 0.1) is 50.7 Å². The highest BCUT2D eigenvalue weighted by atomic mass is 16.7. The molecule has 0 radical (unpaired) electrons. The van der Waals surface area contributed by atoms with E-state index in [9.17, 15) is 15.0 Å². The molecule has 7 fully saturated rings. The van der Waals surface area contributed by atoms with Crippen LogP contribution in [0.5, 0.6) is 0 Å². The predicted octanol–water partition coefficient (Wildman–Crippen LogP) is 4.83. The molecule has 0 aromatic rings. The van der Waals surface area contributed by atoms with E-state index in [1.165, 1.54) is 32.6 Å². The number of carbonyl (C=O) groups is 1. The molecule has 2 saturated heterocycles. The highest BCUT2D eigenvalue weighted by Crippen LogP contribution is 2.89. The lowest BCUT2D eigenvalue weighted by Crippen LogP contribution is -2.60. The lowest BCUT2D eigenvalue weighted by molar-refractivity contribution is -0.237. The Morgan fingerprint density at radius 2 is 1.75 bits per heavy atom. The van der Waals surface area contributed by atoms with Crippen LogP contribution in [-0.4, -0.2) is 78.3 Å². The van der Waals surface area contributed by atoms with Crippen molar-refractivity contribution in [2.45, 2.75) is 149 Å². The second-order valence-electron chi connectivity index (χ2n) is 17.9. The number of nitrogens with one attached hydrogen (secondary N) is 1. The first-order valence-electron chi connectivity index (χ1n) is 17.7. The second kappa shape index (κ2) is 10.1. The summed E-state index contributed by atoms with van der Waals surface area (Å²) in [5.41, 5.74) is -0.862. The Morgan fingerprint density at radius 3 is 2.41 bits per heavy atom. The van der Waals surface area contributed by atoms with Crippen molar-refractivity contribution in [2.24, 2.45) is 50.7 Å². The fourth-order valence-electron chi connectivity index (χ4n) is 13.4. The standard InChI is InChI=1S/C36H59NO7/c1-20-17-22(30(32(5,6)40)42-21(2)38)43-28-27(20)33(7)13-14-36-19-35(36)12-11-25(44-26-18-37-15-16-41-26)31(3,4)23(35)9-10-24(36)34(33,8)29(28)39/h20,22-30,37,39-40H,9-19H2,1-8H3/t20-,22?,23+,24?,25?,26?,27?,28?,29+,30?,33?,34-,35?,36?/m1/s1. The van der Waals surface area contributed by atoms with Gasteiger partial charge in [-0.2, -0.15) is 0 Å². The van der Waals surface area contributed by atoms with Crippen LogP contribution in [0.2, 0.25) is 0 Å². The van der Waals surface area contributed by atoms with Gasteiger partial charge in [-0.15, -0.1) is 0 Å². The van der Waals surface area contributed by atoms with Crippen molar-refractivity contribution in [1.82, 2.24) is 5.32 Å². The molecule has 0 aromatic heterocycles. The lowest BCUT2D eigenvalue weighted by Gasteiger charge is -2.64. The molecular weight excluding hydrogens is 558 g/mol. The van der Waals surface area contributed by atoms with Crippen LogP contribution in [-0.2, 0) is 23.7 Å². The van der Waals surface area contributed by atoms with E-state index in [-0.39, 0.29) is 52.0 Å². The third kappa shape index (κ3) is 4.12. The minimum Gasteiger partial charge on any atom is -0.457 e. The number of fused-ring (bicyclic) bond motifs is 4. The molecule has 7 aliphatic rings. The number of morpholine rings is 1. The van der Waals surface area contributed by atoms with Crippen molar-refractivity contribution >= 4 is 5.97 Å². The highest BCUT2D eigenvalue weighted by molar-refractivity contribution is 5.66. The zero-order valence-electron chi connectivity index (χ0n) is 28.5. The molecule has 0 bridgehead atoms. The van der Waals surface area contributed by atoms with E-state index >= 15 is 0 Å². The van der Waals surface area contributed by atoms with E-state index < -0.39 is 29.9 Å². The molecule has 14 atom stereocenters. The molecule has 0 amide bonds. The van der Waals surface area contributed by atoms with Gasteiger partial charge in [0, 0.05) is 25.4 Å². The molecular formula is C36H59NO7. The number of carbonyl (C=O) groups excluding carboxylic acids is 1. The zero-order chi connectivity index (χ0) is 31.7. The highest BCUT2D eigenvalue weighted by Gasteiger charge is 2.84. The summed E-state index contributed by atoms with van der Waals surface area (Å²) in [6.07, 6.45) is 6.87. The summed E-state index contributed by atoms with van der Waals surface area (Å²) in [4.78, 5) is 12.0. The molecule has 7 rings (SSSR count). The molecule has 10 unspecified atom stereocenters. The fraction of sp³-hybridized carbons (Fsp3) is 0.972. The molecule has 0 aromatic carbocycles. The normalized spacial score (nSPS) is 53.3. The van der Waals surface area contributed by atoms with Crippen molar-refractivity contribution in [2.75, 3.05) is 19.7 Å². The smallest absolute Gasteiger partial charge is 0.303 e. The average Bonchev–Trinajstić information content (AvgIpc) is 3.58. The molecule has 2 spiro atoms. The monoisotopic (exact) mass is 617 g/mol. The van der Waals surface area contributed by atoms with E-state index in [0.717, 1.165) is 32.4 Å². The second-order valence-corrected chi connectivity index (χ2v) is 17.9. The van der Waals surface area contributed by atoms with Gasteiger partial charge in [-0.25, -0.2) is 0 Å². The third-order valence-corrected chi connectivity index (χ3v) is 15.3. The van der Waals surface area contributed by atoms with Crippen LogP contribution in [0.1, 0.15) is 107 Å². The van der Waals surface area contributed by atoms with Gasteiger partial charge in [-0.1, -0.05) is 34.6 Å². The van der Waals surface area contributed by atoms with Crippen LogP contribution in [0.4, 0.5) is 0 Å². The van der Waals surface area contributed by atoms with Gasteiger partial charge in [0.25, 0.3) is 0 Å². The van der Waals surface area contributed by atoms with Gasteiger partial charge in [-0.3, -0.25) is 4.79 Å². The molecule has 250 valence electrons. The van der Waals surface area contributed by atoms with Gasteiger partial charge in [-0.05, 0) is 111 Å². The van der Waals surface area contributed by atoms with E-state index in [1.807, 2.05) is 0 Å². The molecule has 8 heteroatoms. The van der Waals surface area contributed by atoms with Gasteiger partial charge in [0.05, 0.1) is 36.6 Å². The summed E-state index contributed by atoms with van der Waals surface area (Å²) in [5, 5.41) is 26.9. The van der Waals surface area contributed by atoms with E-state index in [1.54, 1.807) is 13.8 Å². The van der Waals surface area contributed by atoms with Gasteiger partial charge >= 0.3 is 5.97 Å². The van der Waals surface area contributed by atoms with Crippen molar-refractivity contribution in [3.63, 3.8) is 0 Å². The third-order valence-electron chi connectivity index (χ3n) is 15.3. The van der Waals surface area contributed by atoms with Crippen molar-refractivity contribution in [3.05, 3.63) is 0 Å². The number of hydrogen-bond acceptors (Lipinski definition) is 8. The SMILES string of the molecule is CC(=O)OC(C1C[C@@H](C)C2C(O1)[C@H](O)[C@@]1(C)C3CC[C@H]4C(C)(C)C(OC5CNCCO5)CCC45CC35CCC21C)C(C)(C)O. The van der Waals surface area contributed by atoms with Crippen molar-refractivity contribution < 1.29 is 34.0 Å². The molecule has 5 aliphatic carbocycles. The fourth-order valence-corrected chi connectivity index (χ4v) is 13.4. The number of hydrogen-bond donors (Lipinski definition) is 3. The van der Waals surface area contributed by atoms with E-state index in [4.69, 9.17) is 18.9 Å². The quantitative estimate of drug-likeness (QED) is 0.377. The van der Waals surface area contributed by atoms with Crippen molar-refractivity contribution in [1.29, 1.82) is 0 Å². The van der Waals surface area contributed by atoms with Crippen LogP contribution in [0.3, 0.4) is 0 Å². The van der Waals surface area contributed by atoms with Crippen LogP contribution >= 0.6 is 0 Å². The minimum atomic E-state index is -1.25. The summed E-state index contributed by atoms with van der Waals surface area (Å²) in [5.74, 6) is 1.16. The number of aliphatic hydroxyl groups excluding tert-OH is 1. The molecule has 8 nitrogen and oxygen atoms in total. The molecule has 5 saturated carbocycles. The topological polar surface area (TPSA) is 106 Å². The maximum atomic E-state index is 12.5. The molecule has 44 heavy (non-hydrogen) atoms. The van der Waals surface area contributed by atoms with Gasteiger partial charge in [0.2, 0.25) is 0 Å². The summed E-state index contributed by atoms with van der Waals surface area (Å²) >= 11 is 0. The summed E-state index contributed by atoms with van der Waals surface area (Å²) in [6.45, 7) is 19.2. The Balaban J connectivity index is 1.16. The average molecular weight is 618 g/mol. The first-order chi connectivity index (χ1) is 20.5. The Hall–Kier alpha value is -0.770. The van der Waals surface area contributed by atoms with Crippen molar-refractivity contribution in [3.8, 4) is 0 Å².